The highest BCUT2D eigenvalue weighted by atomic mass is 35.5. The molecule has 1 saturated heterocycles. The van der Waals surface area contributed by atoms with Crippen LogP contribution in [-0.4, -0.2) is 38.2 Å². The molecule has 0 aliphatic carbocycles. The molecule has 2 rings (SSSR count). The number of hydrogen-bond donors (Lipinski definition) is 1. The molecule has 1 N–H and O–H groups in total. The van der Waals surface area contributed by atoms with Crippen molar-refractivity contribution in [1.82, 2.24) is 9.62 Å². The Morgan fingerprint density at radius 1 is 1.35 bits per heavy atom. The first-order valence-electron chi connectivity index (χ1n) is 6.46. The van der Waals surface area contributed by atoms with Crippen LogP contribution in [0, 0.1) is 0 Å². The first-order valence-corrected chi connectivity index (χ1v) is 8.11. The van der Waals surface area contributed by atoms with Crippen LogP contribution < -0.4 is 4.72 Å². The SMILES string of the molecule is C=CCS(=O)(=O)NC1CCN(Cc2ccccc2)C1.Cl. The molecule has 4 nitrogen and oxygen atoms in total. The smallest absolute Gasteiger partial charge is 0.215 e. The van der Waals surface area contributed by atoms with Crippen molar-refractivity contribution in [1.29, 1.82) is 0 Å². The second-order valence-corrected chi connectivity index (χ2v) is 6.69. The van der Waals surface area contributed by atoms with Gasteiger partial charge in [-0.1, -0.05) is 36.4 Å². The van der Waals surface area contributed by atoms with Gasteiger partial charge in [-0.2, -0.15) is 0 Å². The van der Waals surface area contributed by atoms with E-state index < -0.39 is 10.0 Å². The first-order chi connectivity index (χ1) is 9.09. The highest BCUT2D eigenvalue weighted by Crippen LogP contribution is 2.14. The molecule has 1 fully saturated rings. The predicted molar refractivity (Wildman–Crippen MR) is 84.5 cm³/mol. The molecule has 1 aromatic carbocycles. The summed E-state index contributed by atoms with van der Waals surface area (Å²) in [6.45, 7) is 6.03. The van der Waals surface area contributed by atoms with Crippen LogP contribution in [0.3, 0.4) is 0 Å². The van der Waals surface area contributed by atoms with Crippen molar-refractivity contribution in [2.45, 2.75) is 19.0 Å². The zero-order chi connectivity index (χ0) is 13.7. The van der Waals surface area contributed by atoms with Crippen molar-refractivity contribution in [3.63, 3.8) is 0 Å². The Morgan fingerprint density at radius 2 is 2.05 bits per heavy atom. The van der Waals surface area contributed by atoms with Gasteiger partial charge in [0.25, 0.3) is 0 Å². The highest BCUT2D eigenvalue weighted by Gasteiger charge is 2.25. The van der Waals surface area contributed by atoms with E-state index in [9.17, 15) is 8.42 Å². The van der Waals surface area contributed by atoms with Gasteiger partial charge >= 0.3 is 0 Å². The lowest BCUT2D eigenvalue weighted by Gasteiger charge is -2.16. The van der Waals surface area contributed by atoms with Crippen molar-refractivity contribution < 1.29 is 8.42 Å². The molecule has 0 amide bonds. The Kier molecular flexibility index (Phi) is 6.68. The Morgan fingerprint density at radius 3 is 2.70 bits per heavy atom. The summed E-state index contributed by atoms with van der Waals surface area (Å²) in [7, 11) is -3.21. The molecule has 0 saturated carbocycles. The van der Waals surface area contributed by atoms with E-state index in [0.717, 1.165) is 26.1 Å². The molecular weight excluding hydrogens is 296 g/mol. The summed E-state index contributed by atoms with van der Waals surface area (Å²) < 4.78 is 26.0. The van der Waals surface area contributed by atoms with E-state index in [-0.39, 0.29) is 24.2 Å². The molecule has 0 aromatic heterocycles. The minimum atomic E-state index is -3.21. The maximum absolute atomic E-state index is 11.7. The Balaban J connectivity index is 0.00000200. The number of nitrogens with zero attached hydrogens (tertiary/aromatic N) is 1. The van der Waals surface area contributed by atoms with E-state index in [1.54, 1.807) is 0 Å². The van der Waals surface area contributed by atoms with Gasteiger partial charge in [-0.3, -0.25) is 4.90 Å². The van der Waals surface area contributed by atoms with Gasteiger partial charge in [0.2, 0.25) is 10.0 Å². The normalized spacial score (nSPS) is 19.5. The Labute approximate surface area is 127 Å². The molecule has 20 heavy (non-hydrogen) atoms. The van der Waals surface area contributed by atoms with Crippen LogP contribution in [0.25, 0.3) is 0 Å². The van der Waals surface area contributed by atoms with Crippen molar-refractivity contribution in [3.8, 4) is 0 Å². The standard InChI is InChI=1S/C14H20N2O2S.ClH/c1-2-10-19(17,18)15-14-8-9-16(12-14)11-13-6-4-3-5-7-13;/h2-7,14-15H,1,8-12H2;1H. The third-order valence-electron chi connectivity index (χ3n) is 3.20. The van der Waals surface area contributed by atoms with Crippen LogP contribution >= 0.6 is 12.4 Å². The molecule has 1 aliphatic rings. The average Bonchev–Trinajstić information content (AvgIpc) is 2.76. The van der Waals surface area contributed by atoms with Crippen molar-refractivity contribution in [2.75, 3.05) is 18.8 Å². The summed E-state index contributed by atoms with van der Waals surface area (Å²) in [5.74, 6) is -0.0117. The molecule has 0 radical (unpaired) electrons. The Hall–Kier alpha value is -0.880. The molecule has 1 aromatic rings. The molecule has 0 spiro atoms. The summed E-state index contributed by atoms with van der Waals surface area (Å²) >= 11 is 0. The van der Waals surface area contributed by atoms with Crippen LogP contribution in [0.1, 0.15) is 12.0 Å². The number of nitrogens with one attached hydrogen (secondary N) is 1. The topological polar surface area (TPSA) is 49.4 Å². The summed E-state index contributed by atoms with van der Waals surface area (Å²) in [4.78, 5) is 2.27. The predicted octanol–water partition coefficient (Wildman–Crippen LogP) is 1.79. The number of halogens is 1. The minimum Gasteiger partial charge on any atom is -0.297 e. The summed E-state index contributed by atoms with van der Waals surface area (Å²) in [6.07, 6.45) is 2.28. The maximum Gasteiger partial charge on any atom is 0.215 e. The van der Waals surface area contributed by atoms with Crippen molar-refractivity contribution in [2.24, 2.45) is 0 Å². The fourth-order valence-electron chi connectivity index (χ4n) is 2.37. The number of rotatable bonds is 6. The van der Waals surface area contributed by atoms with Crippen LogP contribution in [0.5, 0.6) is 0 Å². The molecule has 0 bridgehead atoms. The molecule has 6 heteroatoms. The molecule has 1 unspecified atom stereocenters. The van der Waals surface area contributed by atoms with Gasteiger partial charge < -0.3 is 0 Å². The minimum absolute atomic E-state index is 0. The summed E-state index contributed by atoms with van der Waals surface area (Å²) in [5.41, 5.74) is 1.26. The lowest BCUT2D eigenvalue weighted by atomic mass is 10.2. The van der Waals surface area contributed by atoms with Gasteiger partial charge in [-0.25, -0.2) is 13.1 Å². The number of benzene rings is 1. The third-order valence-corrected chi connectivity index (χ3v) is 4.57. The fraction of sp³-hybridized carbons (Fsp3) is 0.429. The van der Waals surface area contributed by atoms with Crippen molar-refractivity contribution in [3.05, 3.63) is 48.6 Å². The zero-order valence-electron chi connectivity index (χ0n) is 11.4. The van der Waals surface area contributed by atoms with E-state index in [1.807, 2.05) is 18.2 Å². The van der Waals surface area contributed by atoms with Gasteiger partial charge in [0, 0.05) is 25.7 Å². The van der Waals surface area contributed by atoms with Crippen molar-refractivity contribution >= 4 is 22.4 Å². The second kappa shape index (κ2) is 7.78. The molecule has 112 valence electrons. The number of likely N-dealkylation sites (tertiary alicyclic amines) is 1. The van der Waals surface area contributed by atoms with Crippen LogP contribution in [0.15, 0.2) is 43.0 Å². The first kappa shape index (κ1) is 17.2. The largest absolute Gasteiger partial charge is 0.297 e. The van der Waals surface area contributed by atoms with Crippen LogP contribution in [-0.2, 0) is 16.6 Å². The van der Waals surface area contributed by atoms with Gasteiger partial charge in [-0.05, 0) is 12.0 Å². The molecular formula is C14H21ClN2O2S. The van der Waals surface area contributed by atoms with E-state index >= 15 is 0 Å². The fourth-order valence-corrected chi connectivity index (χ4v) is 3.48. The van der Waals surface area contributed by atoms with Crippen LogP contribution in [0.4, 0.5) is 0 Å². The van der Waals surface area contributed by atoms with E-state index in [2.05, 4.69) is 28.3 Å². The van der Waals surface area contributed by atoms with Gasteiger partial charge in [-0.15, -0.1) is 19.0 Å². The molecule has 1 atom stereocenters. The van der Waals surface area contributed by atoms with E-state index in [0.29, 0.717) is 0 Å². The van der Waals surface area contributed by atoms with Gasteiger partial charge in [0.05, 0.1) is 5.75 Å². The lowest BCUT2D eigenvalue weighted by Crippen LogP contribution is -2.37. The zero-order valence-corrected chi connectivity index (χ0v) is 13.0. The Bertz CT molecular complexity index is 519. The second-order valence-electron chi connectivity index (χ2n) is 4.89. The van der Waals surface area contributed by atoms with Crippen LogP contribution in [0.2, 0.25) is 0 Å². The number of hydrogen-bond acceptors (Lipinski definition) is 3. The highest BCUT2D eigenvalue weighted by molar-refractivity contribution is 7.89. The quantitative estimate of drug-likeness (QED) is 0.814. The molecule has 1 aliphatic heterocycles. The maximum atomic E-state index is 11.7. The van der Waals surface area contributed by atoms with E-state index in [4.69, 9.17) is 0 Å². The van der Waals surface area contributed by atoms with E-state index in [1.165, 1.54) is 11.6 Å². The summed E-state index contributed by atoms with van der Waals surface area (Å²) in [5, 5.41) is 0. The van der Waals surface area contributed by atoms with Gasteiger partial charge in [0.1, 0.15) is 0 Å². The summed E-state index contributed by atoms with van der Waals surface area (Å²) in [6, 6.07) is 10.3. The average molecular weight is 317 g/mol. The number of sulfonamides is 1. The lowest BCUT2D eigenvalue weighted by molar-refractivity contribution is 0.324. The third kappa shape index (κ3) is 5.25. The molecule has 1 heterocycles. The monoisotopic (exact) mass is 316 g/mol. The van der Waals surface area contributed by atoms with Gasteiger partial charge in [0.15, 0.2) is 0 Å².